The molecular weight excluding hydrogens is 283 g/mol. The van der Waals surface area contributed by atoms with E-state index in [1.54, 1.807) is 0 Å². The Morgan fingerprint density at radius 1 is 1.29 bits per heavy atom. The fourth-order valence-electron chi connectivity index (χ4n) is 3.28. The van der Waals surface area contributed by atoms with Crippen LogP contribution in [0.1, 0.15) is 32.6 Å². The molecule has 1 saturated carbocycles. The van der Waals surface area contributed by atoms with Crippen LogP contribution in [0, 0.1) is 11.8 Å². The van der Waals surface area contributed by atoms with Gasteiger partial charge in [0.25, 0.3) is 0 Å². The van der Waals surface area contributed by atoms with Gasteiger partial charge < -0.3 is 15.3 Å². The Morgan fingerprint density at radius 3 is 2.33 bits per heavy atom. The first-order chi connectivity index (χ1) is 9.91. The van der Waals surface area contributed by atoms with Crippen molar-refractivity contribution < 1.29 is 18.3 Å². The summed E-state index contributed by atoms with van der Waals surface area (Å²) < 4.78 is 37.1. The molecule has 0 aromatic carbocycles. The number of rotatable bonds is 3. The lowest BCUT2D eigenvalue weighted by Gasteiger charge is -2.22. The predicted molar refractivity (Wildman–Crippen MR) is 75.1 cm³/mol. The van der Waals surface area contributed by atoms with Gasteiger partial charge in [0.1, 0.15) is 0 Å². The number of fused-ring (bicyclic) bond motifs is 1. The molecule has 2 aliphatic rings. The summed E-state index contributed by atoms with van der Waals surface area (Å²) in [5.74, 6) is 1.76. The highest BCUT2D eigenvalue weighted by molar-refractivity contribution is 5.80. The number of alkyl halides is 3. The number of hydrogen-bond acceptors (Lipinski definition) is 2. The number of nitrogens with one attached hydrogen (secondary N) is 1. The van der Waals surface area contributed by atoms with E-state index in [1.807, 2.05) is 11.8 Å². The Morgan fingerprint density at radius 2 is 1.86 bits per heavy atom. The molecule has 1 saturated heterocycles. The van der Waals surface area contributed by atoms with Gasteiger partial charge in [-0.05, 0) is 31.6 Å². The number of likely N-dealkylation sites (tertiary alicyclic amines) is 1. The molecule has 21 heavy (non-hydrogen) atoms. The van der Waals surface area contributed by atoms with Crippen LogP contribution >= 0.6 is 0 Å². The molecule has 3 atom stereocenters. The number of halogens is 3. The van der Waals surface area contributed by atoms with Crippen LogP contribution in [-0.2, 0) is 0 Å². The van der Waals surface area contributed by atoms with Crippen molar-refractivity contribution in [3.63, 3.8) is 0 Å². The van der Waals surface area contributed by atoms with Gasteiger partial charge in [-0.25, -0.2) is 0 Å². The van der Waals surface area contributed by atoms with Gasteiger partial charge in [-0.3, -0.25) is 4.99 Å². The molecule has 0 radical (unpaired) electrons. The Hall–Kier alpha value is -0.980. The van der Waals surface area contributed by atoms with Crippen LogP contribution in [0.3, 0.4) is 0 Å². The number of nitrogens with zero attached hydrogens (tertiary/aromatic N) is 2. The van der Waals surface area contributed by atoms with E-state index in [4.69, 9.17) is 5.11 Å². The normalized spacial score (nSPS) is 28.4. The molecule has 1 aliphatic carbocycles. The first-order valence-electron chi connectivity index (χ1n) is 7.69. The van der Waals surface area contributed by atoms with E-state index >= 15 is 0 Å². The lowest BCUT2D eigenvalue weighted by atomic mass is 9.82. The summed E-state index contributed by atoms with van der Waals surface area (Å²) in [6.45, 7) is 3.57. The zero-order chi connectivity index (χ0) is 15.5. The highest BCUT2D eigenvalue weighted by Crippen LogP contribution is 2.36. The second kappa shape index (κ2) is 6.85. The third-order valence-electron chi connectivity index (χ3n) is 4.40. The quantitative estimate of drug-likeness (QED) is 0.619. The van der Waals surface area contributed by atoms with Crippen LogP contribution in [0.5, 0.6) is 0 Å². The maximum atomic E-state index is 12.4. The largest absolute Gasteiger partial charge is 0.416 e. The number of guanidine groups is 1. The van der Waals surface area contributed by atoms with Crippen molar-refractivity contribution >= 4 is 5.96 Å². The third-order valence-corrected chi connectivity index (χ3v) is 4.40. The van der Waals surface area contributed by atoms with Crippen LogP contribution < -0.4 is 5.32 Å². The smallest absolute Gasteiger partial charge is 0.382 e. The zero-order valence-corrected chi connectivity index (χ0v) is 12.4. The predicted octanol–water partition coefficient (Wildman–Crippen LogP) is 2.00. The lowest BCUT2D eigenvalue weighted by Crippen LogP contribution is -2.41. The summed E-state index contributed by atoms with van der Waals surface area (Å²) in [6, 6.07) is 0. The van der Waals surface area contributed by atoms with Gasteiger partial charge in [-0.1, -0.05) is 12.8 Å². The van der Waals surface area contributed by atoms with E-state index in [0.717, 1.165) is 13.1 Å². The lowest BCUT2D eigenvalue weighted by molar-refractivity contribution is -0.199. The van der Waals surface area contributed by atoms with Gasteiger partial charge in [0.05, 0.1) is 6.54 Å². The third kappa shape index (κ3) is 4.25. The molecule has 2 rings (SSSR count). The summed E-state index contributed by atoms with van der Waals surface area (Å²) in [6.07, 6.45) is -2.11. The Kier molecular flexibility index (Phi) is 5.35. The monoisotopic (exact) mass is 307 g/mol. The molecule has 2 N–H and O–H groups in total. The minimum Gasteiger partial charge on any atom is -0.382 e. The fraction of sp³-hybridized carbons (Fsp3) is 0.929. The molecule has 0 bridgehead atoms. The number of hydrogen-bond donors (Lipinski definition) is 2. The molecule has 0 amide bonds. The first-order valence-corrected chi connectivity index (χ1v) is 7.69. The van der Waals surface area contributed by atoms with Gasteiger partial charge in [0.2, 0.25) is 0 Å². The summed E-state index contributed by atoms with van der Waals surface area (Å²) in [5, 5.41) is 12.1. The number of aliphatic imine (C=N–C) groups is 1. The topological polar surface area (TPSA) is 47.9 Å². The highest BCUT2D eigenvalue weighted by Gasteiger charge is 2.39. The average molecular weight is 307 g/mol. The molecular formula is C14H24F3N3O. The molecule has 0 spiro atoms. The fourth-order valence-corrected chi connectivity index (χ4v) is 3.28. The van der Waals surface area contributed by atoms with Crippen molar-refractivity contribution in [2.24, 2.45) is 16.8 Å². The molecule has 0 aromatic rings. The van der Waals surface area contributed by atoms with Crippen LogP contribution in [0.15, 0.2) is 4.99 Å². The molecule has 1 heterocycles. The highest BCUT2D eigenvalue weighted by atomic mass is 19.4. The van der Waals surface area contributed by atoms with Crippen LogP contribution in [-0.4, -0.2) is 54.4 Å². The van der Waals surface area contributed by atoms with Crippen molar-refractivity contribution in [1.29, 1.82) is 0 Å². The summed E-state index contributed by atoms with van der Waals surface area (Å²) in [4.78, 5) is 6.03. The first kappa shape index (κ1) is 16.4. The summed E-state index contributed by atoms with van der Waals surface area (Å²) in [7, 11) is 0. The molecule has 7 heteroatoms. The number of aliphatic hydroxyl groups excluding tert-OH is 1. The molecule has 2 fully saturated rings. The van der Waals surface area contributed by atoms with Crippen molar-refractivity contribution in [3.8, 4) is 0 Å². The molecule has 3 unspecified atom stereocenters. The zero-order valence-electron chi connectivity index (χ0n) is 12.4. The van der Waals surface area contributed by atoms with Crippen molar-refractivity contribution in [3.05, 3.63) is 0 Å². The second-order valence-electron chi connectivity index (χ2n) is 5.96. The van der Waals surface area contributed by atoms with Gasteiger partial charge in [-0.2, -0.15) is 13.2 Å². The second-order valence-corrected chi connectivity index (χ2v) is 5.96. The molecule has 4 nitrogen and oxygen atoms in total. The number of aliphatic hydroxyl groups is 1. The van der Waals surface area contributed by atoms with Crippen molar-refractivity contribution in [2.45, 2.75) is 44.9 Å². The van der Waals surface area contributed by atoms with E-state index < -0.39 is 18.8 Å². The van der Waals surface area contributed by atoms with Crippen molar-refractivity contribution in [2.75, 3.05) is 26.2 Å². The Labute approximate surface area is 123 Å². The van der Waals surface area contributed by atoms with E-state index in [-0.39, 0.29) is 0 Å². The van der Waals surface area contributed by atoms with Crippen LogP contribution in [0.25, 0.3) is 0 Å². The minimum absolute atomic E-state index is 0.496. The maximum absolute atomic E-state index is 12.4. The summed E-state index contributed by atoms with van der Waals surface area (Å²) >= 11 is 0. The Bertz CT molecular complexity index is 359. The SMILES string of the molecule is CCNC(=NCC(O)C(F)(F)F)N1CC2CCCCC2C1. The van der Waals surface area contributed by atoms with Gasteiger partial charge in [0.15, 0.2) is 12.1 Å². The van der Waals surface area contributed by atoms with E-state index in [9.17, 15) is 13.2 Å². The van der Waals surface area contributed by atoms with Crippen molar-refractivity contribution in [1.82, 2.24) is 10.2 Å². The van der Waals surface area contributed by atoms with Crippen LogP contribution in [0.2, 0.25) is 0 Å². The molecule has 1 aliphatic heterocycles. The average Bonchev–Trinajstić information content (AvgIpc) is 2.85. The Balaban J connectivity index is 1.98. The van der Waals surface area contributed by atoms with Gasteiger partial charge >= 0.3 is 6.18 Å². The molecule has 122 valence electrons. The summed E-state index contributed by atoms with van der Waals surface area (Å²) in [5.41, 5.74) is 0. The van der Waals surface area contributed by atoms with Gasteiger partial charge in [-0.15, -0.1) is 0 Å². The maximum Gasteiger partial charge on any atom is 0.416 e. The van der Waals surface area contributed by atoms with Gasteiger partial charge in [0, 0.05) is 19.6 Å². The van der Waals surface area contributed by atoms with E-state index in [0.29, 0.717) is 24.3 Å². The minimum atomic E-state index is -4.61. The molecule has 0 aromatic heterocycles. The van der Waals surface area contributed by atoms with Crippen LogP contribution in [0.4, 0.5) is 13.2 Å². The van der Waals surface area contributed by atoms with E-state index in [1.165, 1.54) is 25.7 Å². The standard InChI is InChI=1S/C14H24F3N3O/c1-2-18-13(19-7-12(21)14(15,16)17)20-8-10-5-3-4-6-11(10)9-20/h10-12,21H,2-9H2,1H3,(H,18,19). The van der Waals surface area contributed by atoms with E-state index in [2.05, 4.69) is 10.3 Å².